The Morgan fingerprint density at radius 1 is 0.711 bits per heavy atom. The van der Waals surface area contributed by atoms with E-state index in [1.165, 1.54) is 0 Å². The Bertz CT molecular complexity index is 1280. The zero-order valence-corrected chi connectivity index (χ0v) is 21.8. The molecule has 38 heavy (non-hydrogen) atoms. The lowest BCUT2D eigenvalue weighted by atomic mass is 10.0. The van der Waals surface area contributed by atoms with Crippen LogP contribution in [0.25, 0.3) is 0 Å². The predicted molar refractivity (Wildman–Crippen MR) is 151 cm³/mol. The van der Waals surface area contributed by atoms with E-state index in [-0.39, 0.29) is 11.8 Å². The summed E-state index contributed by atoms with van der Waals surface area (Å²) >= 11 is 0. The van der Waals surface area contributed by atoms with Gasteiger partial charge < -0.3 is 15.0 Å². The van der Waals surface area contributed by atoms with Gasteiger partial charge in [-0.15, -0.1) is 0 Å². The van der Waals surface area contributed by atoms with Crippen molar-refractivity contribution in [2.45, 2.75) is 31.8 Å². The summed E-state index contributed by atoms with van der Waals surface area (Å²) in [6.45, 7) is 0.796. The summed E-state index contributed by atoms with van der Waals surface area (Å²) in [6, 6.07) is 36.4. The Labute approximate surface area is 225 Å². The zero-order valence-electron chi connectivity index (χ0n) is 21.8. The fourth-order valence-electron chi connectivity index (χ4n) is 4.47. The molecular formula is C33H34N2O3. The molecule has 5 heteroatoms. The first kappa shape index (κ1) is 26.7. The molecule has 0 bridgehead atoms. The maximum atomic E-state index is 13.8. The number of rotatable bonds is 12. The number of benzene rings is 4. The van der Waals surface area contributed by atoms with Crippen LogP contribution in [0.5, 0.6) is 5.75 Å². The van der Waals surface area contributed by atoms with Crippen LogP contribution in [0.15, 0.2) is 115 Å². The molecular weight excluding hydrogens is 472 g/mol. The van der Waals surface area contributed by atoms with E-state index >= 15 is 0 Å². The number of aryl methyl sites for hydroxylation is 1. The third-order valence-electron chi connectivity index (χ3n) is 6.53. The summed E-state index contributed by atoms with van der Waals surface area (Å²) in [4.78, 5) is 29.2. The van der Waals surface area contributed by atoms with Gasteiger partial charge in [0.15, 0.2) is 0 Å². The number of methoxy groups -OCH3 is 1. The smallest absolute Gasteiger partial charge is 0.247 e. The second kappa shape index (κ2) is 13.8. The first-order valence-electron chi connectivity index (χ1n) is 13.0. The van der Waals surface area contributed by atoms with Gasteiger partial charge in [0.25, 0.3) is 0 Å². The largest absolute Gasteiger partial charge is 0.497 e. The van der Waals surface area contributed by atoms with Crippen LogP contribution in [0.4, 0.5) is 0 Å². The highest BCUT2D eigenvalue weighted by Gasteiger charge is 2.31. The molecule has 0 aromatic heterocycles. The molecule has 1 N–H and O–H groups in total. The van der Waals surface area contributed by atoms with Crippen molar-refractivity contribution < 1.29 is 14.3 Å². The third kappa shape index (κ3) is 7.56. The van der Waals surface area contributed by atoms with E-state index in [4.69, 9.17) is 4.74 Å². The second-order valence-electron chi connectivity index (χ2n) is 9.20. The summed E-state index contributed by atoms with van der Waals surface area (Å²) < 4.78 is 5.30. The van der Waals surface area contributed by atoms with Crippen molar-refractivity contribution in [2.24, 2.45) is 0 Å². The van der Waals surface area contributed by atoms with Gasteiger partial charge in [-0.2, -0.15) is 0 Å². The highest BCUT2D eigenvalue weighted by atomic mass is 16.5. The Balaban J connectivity index is 1.59. The number of hydrogen-bond acceptors (Lipinski definition) is 3. The van der Waals surface area contributed by atoms with Gasteiger partial charge in [-0.05, 0) is 47.2 Å². The van der Waals surface area contributed by atoms with Crippen LogP contribution in [-0.2, 0) is 29.0 Å². The molecule has 0 saturated carbocycles. The Kier molecular flexibility index (Phi) is 9.69. The van der Waals surface area contributed by atoms with Crippen molar-refractivity contribution in [3.8, 4) is 5.75 Å². The molecule has 0 radical (unpaired) electrons. The van der Waals surface area contributed by atoms with Crippen molar-refractivity contribution in [1.82, 2.24) is 10.2 Å². The first-order chi connectivity index (χ1) is 18.6. The second-order valence-corrected chi connectivity index (χ2v) is 9.20. The van der Waals surface area contributed by atoms with E-state index in [0.717, 1.165) is 28.0 Å². The molecule has 4 aromatic carbocycles. The highest BCUT2D eigenvalue weighted by Crippen LogP contribution is 2.26. The van der Waals surface area contributed by atoms with Crippen LogP contribution in [0.2, 0.25) is 0 Å². The molecule has 0 aliphatic heterocycles. The summed E-state index contributed by atoms with van der Waals surface area (Å²) in [6.07, 6.45) is 1.63. The van der Waals surface area contributed by atoms with Crippen LogP contribution in [-0.4, -0.2) is 30.4 Å². The van der Waals surface area contributed by atoms with Gasteiger partial charge in [0.1, 0.15) is 11.8 Å². The normalized spacial score (nSPS) is 11.4. The van der Waals surface area contributed by atoms with E-state index in [0.29, 0.717) is 32.4 Å². The lowest BCUT2D eigenvalue weighted by Crippen LogP contribution is -2.44. The van der Waals surface area contributed by atoms with Crippen molar-refractivity contribution in [1.29, 1.82) is 0 Å². The number of ether oxygens (including phenoxy) is 1. The predicted octanol–water partition coefficient (Wildman–Crippen LogP) is 5.76. The van der Waals surface area contributed by atoms with Gasteiger partial charge >= 0.3 is 0 Å². The maximum absolute atomic E-state index is 13.8. The molecule has 1 atom stereocenters. The number of nitrogens with zero attached hydrogens (tertiary/aromatic N) is 1. The SMILES string of the molecule is COc1ccc(CN(C(=O)CCc2ccccc2)C(C(=O)NCCc2ccccc2)c2ccccc2)cc1. The van der Waals surface area contributed by atoms with Gasteiger partial charge in [-0.3, -0.25) is 9.59 Å². The number of amides is 2. The van der Waals surface area contributed by atoms with E-state index in [1.54, 1.807) is 12.0 Å². The molecule has 0 fully saturated rings. The Morgan fingerprint density at radius 2 is 1.26 bits per heavy atom. The number of hydrogen-bond donors (Lipinski definition) is 1. The van der Waals surface area contributed by atoms with Crippen molar-refractivity contribution in [3.05, 3.63) is 138 Å². The minimum Gasteiger partial charge on any atom is -0.497 e. The fraction of sp³-hybridized carbons (Fsp3) is 0.212. The van der Waals surface area contributed by atoms with Gasteiger partial charge in [-0.25, -0.2) is 0 Å². The quantitative estimate of drug-likeness (QED) is 0.266. The molecule has 0 aliphatic carbocycles. The van der Waals surface area contributed by atoms with E-state index in [2.05, 4.69) is 5.32 Å². The Morgan fingerprint density at radius 3 is 1.84 bits per heavy atom. The lowest BCUT2D eigenvalue weighted by molar-refractivity contribution is -0.141. The molecule has 1 unspecified atom stereocenters. The monoisotopic (exact) mass is 506 g/mol. The average Bonchev–Trinajstić information content (AvgIpc) is 2.97. The minimum atomic E-state index is -0.752. The first-order valence-corrected chi connectivity index (χ1v) is 13.0. The topological polar surface area (TPSA) is 58.6 Å². The highest BCUT2D eigenvalue weighted by molar-refractivity contribution is 5.88. The zero-order chi connectivity index (χ0) is 26.6. The third-order valence-corrected chi connectivity index (χ3v) is 6.53. The molecule has 194 valence electrons. The van der Waals surface area contributed by atoms with E-state index < -0.39 is 6.04 Å². The molecule has 4 aromatic rings. The molecule has 2 amide bonds. The van der Waals surface area contributed by atoms with Gasteiger partial charge in [-0.1, -0.05) is 103 Å². The van der Waals surface area contributed by atoms with Crippen molar-refractivity contribution in [2.75, 3.05) is 13.7 Å². The molecule has 5 nitrogen and oxygen atoms in total. The fourth-order valence-corrected chi connectivity index (χ4v) is 4.47. The number of carbonyl (C=O) groups is 2. The number of carbonyl (C=O) groups excluding carboxylic acids is 2. The molecule has 0 spiro atoms. The van der Waals surface area contributed by atoms with Crippen LogP contribution >= 0.6 is 0 Å². The van der Waals surface area contributed by atoms with E-state index in [1.807, 2.05) is 115 Å². The number of nitrogens with one attached hydrogen (secondary N) is 1. The average molecular weight is 507 g/mol. The van der Waals surface area contributed by atoms with Crippen LogP contribution in [0, 0.1) is 0 Å². The molecule has 0 saturated heterocycles. The molecule has 4 rings (SSSR count). The summed E-state index contributed by atoms with van der Waals surface area (Å²) in [5.74, 6) is 0.486. The minimum absolute atomic E-state index is 0.0725. The van der Waals surface area contributed by atoms with Gasteiger partial charge in [0, 0.05) is 19.5 Å². The standard InChI is InChI=1S/C33H34N2O3/c1-38-30-20-17-28(18-21-30)25-35(31(36)22-19-26-11-5-2-6-12-26)32(29-15-9-4-10-16-29)33(37)34-24-23-27-13-7-3-8-14-27/h2-18,20-21,32H,19,22-25H2,1H3,(H,34,37). The summed E-state index contributed by atoms with van der Waals surface area (Å²) in [7, 11) is 1.62. The maximum Gasteiger partial charge on any atom is 0.247 e. The van der Waals surface area contributed by atoms with Gasteiger partial charge in [0.2, 0.25) is 11.8 Å². The lowest BCUT2D eigenvalue weighted by Gasteiger charge is -2.32. The summed E-state index contributed by atoms with van der Waals surface area (Å²) in [5, 5.41) is 3.09. The molecule has 0 heterocycles. The van der Waals surface area contributed by atoms with Crippen LogP contribution < -0.4 is 10.1 Å². The van der Waals surface area contributed by atoms with Crippen LogP contribution in [0.3, 0.4) is 0 Å². The van der Waals surface area contributed by atoms with Crippen molar-refractivity contribution in [3.63, 3.8) is 0 Å². The van der Waals surface area contributed by atoms with Crippen LogP contribution in [0.1, 0.15) is 34.7 Å². The molecule has 0 aliphatic rings. The van der Waals surface area contributed by atoms with E-state index in [9.17, 15) is 9.59 Å². The van der Waals surface area contributed by atoms with Gasteiger partial charge in [0.05, 0.1) is 7.11 Å². The Hall–Kier alpha value is -4.38. The van der Waals surface area contributed by atoms with Crippen molar-refractivity contribution >= 4 is 11.8 Å². The summed E-state index contributed by atoms with van der Waals surface area (Å²) in [5.41, 5.74) is 3.95.